The van der Waals surface area contributed by atoms with Crippen LogP contribution in [0, 0.1) is 11.8 Å². The average Bonchev–Trinajstić information content (AvgIpc) is 2.80. The van der Waals surface area contributed by atoms with E-state index in [9.17, 15) is 4.79 Å². The summed E-state index contributed by atoms with van der Waals surface area (Å²) in [4.78, 5) is 16.8. The predicted octanol–water partition coefficient (Wildman–Crippen LogP) is 0.540. The molecule has 4 nitrogen and oxygen atoms in total. The summed E-state index contributed by atoms with van der Waals surface area (Å²) in [5.74, 6) is 1.95. The summed E-state index contributed by atoms with van der Waals surface area (Å²) in [7, 11) is 0. The maximum absolute atomic E-state index is 12.3. The Balaban J connectivity index is 1.48. The van der Waals surface area contributed by atoms with E-state index in [1.165, 1.54) is 25.7 Å². The highest BCUT2D eigenvalue weighted by molar-refractivity contribution is 5.78. The molecule has 1 N–H and O–H groups in total. The van der Waals surface area contributed by atoms with Crippen molar-refractivity contribution in [3.05, 3.63) is 0 Å². The lowest BCUT2D eigenvalue weighted by Crippen LogP contribution is -2.40. The summed E-state index contributed by atoms with van der Waals surface area (Å²) >= 11 is 0. The molecule has 0 aliphatic carbocycles. The Morgan fingerprint density at radius 2 is 1.61 bits per heavy atom. The van der Waals surface area contributed by atoms with Crippen molar-refractivity contribution in [2.45, 2.75) is 25.7 Å². The Kier molecular flexibility index (Phi) is 3.85. The van der Waals surface area contributed by atoms with Gasteiger partial charge in [0.15, 0.2) is 0 Å². The quantitative estimate of drug-likeness (QED) is 0.778. The third-order valence-corrected chi connectivity index (χ3v) is 4.78. The number of hydrogen-bond acceptors (Lipinski definition) is 3. The normalized spacial score (nSPS) is 33.4. The van der Waals surface area contributed by atoms with Crippen LogP contribution >= 0.6 is 0 Å². The zero-order chi connectivity index (χ0) is 12.4. The number of fused-ring (bicyclic) bond motifs is 1. The summed E-state index contributed by atoms with van der Waals surface area (Å²) in [6, 6.07) is 0. The van der Waals surface area contributed by atoms with Crippen LogP contribution in [0.5, 0.6) is 0 Å². The largest absolute Gasteiger partial charge is 0.342 e. The van der Waals surface area contributed by atoms with Crippen LogP contribution in [0.25, 0.3) is 0 Å². The lowest BCUT2D eigenvalue weighted by molar-refractivity contribution is -0.132. The fraction of sp³-hybridized carbons (Fsp3) is 0.929. The van der Waals surface area contributed by atoms with E-state index in [1.807, 2.05) is 0 Å². The van der Waals surface area contributed by atoms with E-state index in [2.05, 4.69) is 15.1 Å². The first-order valence-corrected chi connectivity index (χ1v) is 7.54. The van der Waals surface area contributed by atoms with E-state index in [1.54, 1.807) is 0 Å². The molecule has 3 heterocycles. The predicted molar refractivity (Wildman–Crippen MR) is 71.3 cm³/mol. The number of rotatable bonds is 2. The molecule has 0 saturated carbocycles. The zero-order valence-corrected chi connectivity index (χ0v) is 11.2. The Hall–Kier alpha value is -0.610. The number of amides is 1. The van der Waals surface area contributed by atoms with E-state index in [-0.39, 0.29) is 0 Å². The molecule has 0 unspecified atom stereocenters. The standard InChI is InChI=1S/C14H25N3O/c18-14(17-5-3-1-2-4-6-17)11-16-9-12-7-15-8-13(12)10-16/h12-13,15H,1-11H2/t12-,13+. The van der Waals surface area contributed by atoms with Crippen LogP contribution in [0.3, 0.4) is 0 Å². The number of nitrogens with one attached hydrogen (secondary N) is 1. The van der Waals surface area contributed by atoms with Crippen molar-refractivity contribution in [2.24, 2.45) is 11.8 Å². The first-order valence-electron chi connectivity index (χ1n) is 7.54. The van der Waals surface area contributed by atoms with Gasteiger partial charge in [0, 0.05) is 26.2 Å². The van der Waals surface area contributed by atoms with Gasteiger partial charge in [0.05, 0.1) is 6.54 Å². The molecule has 3 fully saturated rings. The molecule has 1 amide bonds. The van der Waals surface area contributed by atoms with E-state index in [4.69, 9.17) is 0 Å². The van der Waals surface area contributed by atoms with Gasteiger partial charge in [-0.15, -0.1) is 0 Å². The van der Waals surface area contributed by atoms with E-state index < -0.39 is 0 Å². The summed E-state index contributed by atoms with van der Waals surface area (Å²) in [6.07, 6.45) is 4.98. The minimum atomic E-state index is 0.366. The third-order valence-electron chi connectivity index (χ3n) is 4.78. The van der Waals surface area contributed by atoms with Gasteiger partial charge in [-0.05, 0) is 37.8 Å². The van der Waals surface area contributed by atoms with Crippen molar-refractivity contribution in [1.29, 1.82) is 0 Å². The van der Waals surface area contributed by atoms with Gasteiger partial charge in [-0.2, -0.15) is 0 Å². The maximum Gasteiger partial charge on any atom is 0.236 e. The van der Waals surface area contributed by atoms with Gasteiger partial charge in [-0.3, -0.25) is 9.69 Å². The third kappa shape index (κ3) is 2.69. The Morgan fingerprint density at radius 1 is 1.00 bits per heavy atom. The number of carbonyl (C=O) groups is 1. The second-order valence-corrected chi connectivity index (χ2v) is 6.17. The fourth-order valence-electron chi connectivity index (χ4n) is 3.69. The first kappa shape index (κ1) is 12.4. The molecule has 0 radical (unpaired) electrons. The molecule has 0 aromatic heterocycles. The van der Waals surface area contributed by atoms with Crippen LogP contribution < -0.4 is 5.32 Å². The Labute approximate surface area is 110 Å². The average molecular weight is 251 g/mol. The second-order valence-electron chi connectivity index (χ2n) is 6.17. The number of nitrogens with zero attached hydrogens (tertiary/aromatic N) is 2. The van der Waals surface area contributed by atoms with Crippen LogP contribution in [0.4, 0.5) is 0 Å². The van der Waals surface area contributed by atoms with Crippen LogP contribution in [0.15, 0.2) is 0 Å². The summed E-state index contributed by atoms with van der Waals surface area (Å²) in [6.45, 7) is 7.18. The van der Waals surface area contributed by atoms with Crippen molar-refractivity contribution in [3.63, 3.8) is 0 Å². The molecule has 2 atom stereocenters. The molecular formula is C14H25N3O. The highest BCUT2D eigenvalue weighted by atomic mass is 16.2. The number of likely N-dealkylation sites (tertiary alicyclic amines) is 2. The second kappa shape index (κ2) is 5.57. The Bertz CT molecular complexity index is 287. The summed E-state index contributed by atoms with van der Waals surface area (Å²) in [5.41, 5.74) is 0. The van der Waals surface area contributed by atoms with Crippen LogP contribution in [-0.4, -0.2) is 61.5 Å². The molecule has 18 heavy (non-hydrogen) atoms. The van der Waals surface area contributed by atoms with Gasteiger partial charge in [-0.1, -0.05) is 12.8 Å². The van der Waals surface area contributed by atoms with E-state index in [0.29, 0.717) is 12.5 Å². The van der Waals surface area contributed by atoms with Crippen molar-refractivity contribution >= 4 is 5.91 Å². The van der Waals surface area contributed by atoms with Crippen molar-refractivity contribution in [3.8, 4) is 0 Å². The minimum absolute atomic E-state index is 0.366. The molecule has 3 aliphatic heterocycles. The van der Waals surface area contributed by atoms with Gasteiger partial charge in [-0.25, -0.2) is 0 Å². The van der Waals surface area contributed by atoms with Crippen LogP contribution in [0.1, 0.15) is 25.7 Å². The molecule has 0 spiro atoms. The van der Waals surface area contributed by atoms with E-state index in [0.717, 1.165) is 51.1 Å². The topological polar surface area (TPSA) is 35.6 Å². The monoisotopic (exact) mass is 251 g/mol. The van der Waals surface area contributed by atoms with Crippen molar-refractivity contribution < 1.29 is 4.79 Å². The van der Waals surface area contributed by atoms with Crippen LogP contribution in [-0.2, 0) is 4.79 Å². The molecule has 3 aliphatic rings. The lowest BCUT2D eigenvalue weighted by atomic mass is 10.0. The highest BCUT2D eigenvalue weighted by Crippen LogP contribution is 2.26. The van der Waals surface area contributed by atoms with Crippen molar-refractivity contribution in [1.82, 2.24) is 15.1 Å². The van der Waals surface area contributed by atoms with Gasteiger partial charge in [0.1, 0.15) is 0 Å². The zero-order valence-electron chi connectivity index (χ0n) is 11.2. The number of hydrogen-bond donors (Lipinski definition) is 1. The molecule has 4 heteroatoms. The molecule has 0 aromatic rings. The van der Waals surface area contributed by atoms with Gasteiger partial charge in [0.25, 0.3) is 0 Å². The molecule has 0 aromatic carbocycles. The van der Waals surface area contributed by atoms with Gasteiger partial charge < -0.3 is 10.2 Å². The SMILES string of the molecule is O=C(CN1C[C@H]2CNC[C@H]2C1)N1CCCCCC1. The van der Waals surface area contributed by atoms with E-state index >= 15 is 0 Å². The highest BCUT2D eigenvalue weighted by Gasteiger charge is 2.36. The van der Waals surface area contributed by atoms with Gasteiger partial charge >= 0.3 is 0 Å². The molecule has 3 rings (SSSR count). The first-order chi connectivity index (χ1) is 8.83. The smallest absolute Gasteiger partial charge is 0.236 e. The Morgan fingerprint density at radius 3 is 2.22 bits per heavy atom. The molecule has 102 valence electrons. The minimum Gasteiger partial charge on any atom is -0.342 e. The van der Waals surface area contributed by atoms with Crippen LogP contribution in [0.2, 0.25) is 0 Å². The van der Waals surface area contributed by atoms with Gasteiger partial charge in [0.2, 0.25) is 5.91 Å². The summed E-state index contributed by atoms with van der Waals surface area (Å²) < 4.78 is 0. The molecule has 0 bridgehead atoms. The fourth-order valence-corrected chi connectivity index (χ4v) is 3.69. The lowest BCUT2D eigenvalue weighted by Gasteiger charge is -2.24. The number of carbonyl (C=O) groups excluding carboxylic acids is 1. The molecular weight excluding hydrogens is 226 g/mol. The van der Waals surface area contributed by atoms with Crippen molar-refractivity contribution in [2.75, 3.05) is 45.8 Å². The molecule has 3 saturated heterocycles. The maximum atomic E-state index is 12.3. The summed E-state index contributed by atoms with van der Waals surface area (Å²) in [5, 5.41) is 3.45.